The molecule has 2 amide bonds. The maximum Gasteiger partial charge on any atom is 0.234 e. The van der Waals surface area contributed by atoms with Crippen molar-refractivity contribution in [3.63, 3.8) is 0 Å². The summed E-state index contributed by atoms with van der Waals surface area (Å²) in [6.07, 6.45) is -0.208. The Hall–Kier alpha value is -2.62. The van der Waals surface area contributed by atoms with E-state index in [9.17, 15) is 14.0 Å². The molecule has 2 heterocycles. The van der Waals surface area contributed by atoms with E-state index < -0.39 is 11.3 Å². The molecule has 3 unspecified atom stereocenters. The Labute approximate surface area is 166 Å². The molecule has 2 aromatic carbocycles. The molecule has 4 rings (SSSR count). The molecule has 2 aliphatic heterocycles. The van der Waals surface area contributed by atoms with Crippen molar-refractivity contribution in [3.05, 3.63) is 60.4 Å². The highest BCUT2D eigenvalue weighted by molar-refractivity contribution is 8.00. The van der Waals surface area contributed by atoms with Crippen LogP contribution in [0.3, 0.4) is 0 Å². The summed E-state index contributed by atoms with van der Waals surface area (Å²) in [4.78, 5) is 24.6. The van der Waals surface area contributed by atoms with Gasteiger partial charge in [-0.1, -0.05) is 24.3 Å². The number of nitrogens with zero attached hydrogens (tertiary/aromatic N) is 1. The highest BCUT2D eigenvalue weighted by Gasteiger charge is 2.44. The van der Waals surface area contributed by atoms with E-state index in [0.717, 1.165) is 5.69 Å². The zero-order valence-electron chi connectivity index (χ0n) is 14.9. The van der Waals surface area contributed by atoms with Crippen LogP contribution in [0.1, 0.15) is 0 Å². The van der Waals surface area contributed by atoms with Crippen molar-refractivity contribution in [2.75, 3.05) is 22.6 Å². The number of thioether (sulfide) groups is 1. The van der Waals surface area contributed by atoms with E-state index in [1.54, 1.807) is 6.07 Å². The highest BCUT2D eigenvalue weighted by atomic mass is 32.2. The number of carbonyl (C=O) groups excluding carboxylic acids is 2. The Morgan fingerprint density at radius 2 is 2.04 bits per heavy atom. The van der Waals surface area contributed by atoms with Gasteiger partial charge in [0, 0.05) is 12.2 Å². The lowest BCUT2D eigenvalue weighted by Gasteiger charge is -2.37. The quantitative estimate of drug-likeness (QED) is 0.607. The predicted octanol–water partition coefficient (Wildman–Crippen LogP) is 1.47. The van der Waals surface area contributed by atoms with E-state index in [4.69, 9.17) is 0 Å². The highest BCUT2D eigenvalue weighted by Crippen LogP contribution is 2.26. The SMILES string of the molecule is O=C(CSC1NC(=O)C2CNN(c3ccccc3)C2N1)Nc1cccc(F)c1. The molecule has 3 atom stereocenters. The average Bonchev–Trinajstić information content (AvgIpc) is 3.12. The molecule has 2 aliphatic rings. The molecule has 0 spiro atoms. The summed E-state index contributed by atoms with van der Waals surface area (Å²) in [7, 11) is 0. The summed E-state index contributed by atoms with van der Waals surface area (Å²) < 4.78 is 13.2. The van der Waals surface area contributed by atoms with Crippen LogP contribution in [0.4, 0.5) is 15.8 Å². The predicted molar refractivity (Wildman–Crippen MR) is 107 cm³/mol. The summed E-state index contributed by atoms with van der Waals surface area (Å²) in [6, 6.07) is 15.5. The van der Waals surface area contributed by atoms with Gasteiger partial charge in [0.25, 0.3) is 0 Å². The number of halogens is 1. The lowest BCUT2D eigenvalue weighted by atomic mass is 10.1. The van der Waals surface area contributed by atoms with Crippen molar-refractivity contribution in [2.24, 2.45) is 5.92 Å². The molecule has 7 nitrogen and oxygen atoms in total. The Morgan fingerprint density at radius 3 is 2.82 bits per heavy atom. The molecule has 2 saturated heterocycles. The smallest absolute Gasteiger partial charge is 0.234 e. The van der Waals surface area contributed by atoms with Gasteiger partial charge < -0.3 is 10.6 Å². The molecule has 28 heavy (non-hydrogen) atoms. The third kappa shape index (κ3) is 4.11. The summed E-state index contributed by atoms with van der Waals surface area (Å²) >= 11 is 1.28. The third-order valence-electron chi connectivity index (χ3n) is 4.60. The first-order valence-corrected chi connectivity index (χ1v) is 9.96. The van der Waals surface area contributed by atoms with E-state index >= 15 is 0 Å². The van der Waals surface area contributed by atoms with Gasteiger partial charge in [-0.05, 0) is 30.3 Å². The molecule has 0 bridgehead atoms. The molecule has 2 aromatic rings. The third-order valence-corrected chi connectivity index (χ3v) is 5.61. The molecule has 2 fully saturated rings. The minimum atomic E-state index is -0.410. The van der Waals surface area contributed by atoms with Crippen molar-refractivity contribution in [2.45, 2.75) is 11.7 Å². The van der Waals surface area contributed by atoms with Crippen LogP contribution in [-0.2, 0) is 9.59 Å². The second-order valence-electron chi connectivity index (χ2n) is 6.54. The second kappa shape index (κ2) is 8.17. The van der Waals surface area contributed by atoms with Crippen molar-refractivity contribution in [1.29, 1.82) is 0 Å². The monoisotopic (exact) mass is 401 g/mol. The standard InChI is InChI=1S/C19H20FN5O2S/c20-12-5-4-6-13(9-12)22-16(26)11-28-19-23-17-15(18(27)24-19)10-21-25(17)14-7-2-1-3-8-14/h1-9,15,17,19,21,23H,10-11H2,(H,22,26)(H,24,27). The van der Waals surface area contributed by atoms with Crippen molar-refractivity contribution >= 4 is 35.0 Å². The fraction of sp³-hybridized carbons (Fsp3) is 0.263. The molecule has 9 heteroatoms. The summed E-state index contributed by atoms with van der Waals surface area (Å²) in [5.41, 5.74) is 4.22. The first-order valence-electron chi connectivity index (χ1n) is 8.91. The average molecular weight is 401 g/mol. The molecule has 0 aromatic heterocycles. The number of hydrogen-bond donors (Lipinski definition) is 4. The van der Waals surface area contributed by atoms with Crippen LogP contribution < -0.4 is 26.4 Å². The number of carbonyl (C=O) groups is 2. The summed E-state index contributed by atoms with van der Waals surface area (Å²) in [6.45, 7) is 0.538. The van der Waals surface area contributed by atoms with Gasteiger partial charge in [-0.15, -0.1) is 11.8 Å². The van der Waals surface area contributed by atoms with Crippen LogP contribution in [0.15, 0.2) is 54.6 Å². The Balaban J connectivity index is 1.35. The van der Waals surface area contributed by atoms with Crippen LogP contribution >= 0.6 is 11.8 Å². The van der Waals surface area contributed by atoms with E-state index in [0.29, 0.717) is 12.2 Å². The zero-order chi connectivity index (χ0) is 19.5. The van der Waals surface area contributed by atoms with Crippen LogP contribution in [-0.4, -0.2) is 35.8 Å². The van der Waals surface area contributed by atoms with E-state index in [-0.39, 0.29) is 29.7 Å². The Morgan fingerprint density at radius 1 is 1.21 bits per heavy atom. The van der Waals surface area contributed by atoms with Gasteiger partial charge >= 0.3 is 0 Å². The molecule has 0 saturated carbocycles. The molecular weight excluding hydrogens is 381 g/mol. The fourth-order valence-electron chi connectivity index (χ4n) is 3.30. The van der Waals surface area contributed by atoms with Gasteiger partial charge in [0.2, 0.25) is 11.8 Å². The van der Waals surface area contributed by atoms with Crippen molar-refractivity contribution in [1.82, 2.24) is 16.1 Å². The summed E-state index contributed by atoms with van der Waals surface area (Å²) in [5.74, 6) is -0.841. The molecule has 146 valence electrons. The topological polar surface area (TPSA) is 85.5 Å². The van der Waals surface area contributed by atoms with Crippen LogP contribution in [0, 0.1) is 11.7 Å². The molecule has 4 N–H and O–H groups in total. The number of fused-ring (bicyclic) bond motifs is 1. The van der Waals surface area contributed by atoms with Crippen LogP contribution in [0.25, 0.3) is 0 Å². The van der Waals surface area contributed by atoms with E-state index in [1.807, 2.05) is 35.3 Å². The molecule has 0 radical (unpaired) electrons. The van der Waals surface area contributed by atoms with Gasteiger partial charge in [-0.2, -0.15) is 0 Å². The van der Waals surface area contributed by atoms with Crippen molar-refractivity contribution in [3.8, 4) is 0 Å². The van der Waals surface area contributed by atoms with Gasteiger partial charge in [0.05, 0.1) is 17.4 Å². The van der Waals surface area contributed by atoms with Crippen LogP contribution in [0.5, 0.6) is 0 Å². The normalized spacial score (nSPS) is 23.8. The summed E-state index contributed by atoms with van der Waals surface area (Å²) in [5, 5.41) is 10.9. The van der Waals surface area contributed by atoms with Gasteiger partial charge in [0.1, 0.15) is 17.5 Å². The fourth-order valence-corrected chi connectivity index (χ4v) is 4.12. The number of hydrazine groups is 1. The second-order valence-corrected chi connectivity index (χ2v) is 7.64. The van der Waals surface area contributed by atoms with E-state index in [2.05, 4.69) is 21.4 Å². The lowest BCUT2D eigenvalue weighted by Crippen LogP contribution is -2.63. The number of amides is 2. The number of hydrogen-bond acceptors (Lipinski definition) is 6. The zero-order valence-corrected chi connectivity index (χ0v) is 15.7. The first-order chi connectivity index (χ1) is 13.6. The minimum Gasteiger partial charge on any atom is -0.331 e. The van der Waals surface area contributed by atoms with Gasteiger partial charge in [-0.25, -0.2) is 9.82 Å². The lowest BCUT2D eigenvalue weighted by molar-refractivity contribution is -0.127. The molecule has 0 aliphatic carbocycles. The number of para-hydroxylation sites is 1. The maximum absolute atomic E-state index is 13.2. The van der Waals surface area contributed by atoms with Gasteiger partial charge in [-0.3, -0.25) is 19.9 Å². The van der Waals surface area contributed by atoms with E-state index in [1.165, 1.54) is 30.0 Å². The number of benzene rings is 2. The number of rotatable bonds is 5. The number of nitrogens with one attached hydrogen (secondary N) is 4. The van der Waals surface area contributed by atoms with Crippen molar-refractivity contribution < 1.29 is 14.0 Å². The van der Waals surface area contributed by atoms with Crippen LogP contribution in [0.2, 0.25) is 0 Å². The largest absolute Gasteiger partial charge is 0.331 e. The minimum absolute atomic E-state index is 0.0577. The number of anilines is 2. The maximum atomic E-state index is 13.2. The Bertz CT molecular complexity index is 868. The van der Waals surface area contributed by atoms with Gasteiger partial charge in [0.15, 0.2) is 0 Å². The Kier molecular flexibility index (Phi) is 5.47. The first kappa shape index (κ1) is 18.7. The molecular formula is C19H20FN5O2S.